The lowest BCUT2D eigenvalue weighted by atomic mass is 10.1. The highest BCUT2D eigenvalue weighted by Crippen LogP contribution is 2.10. The number of rotatable bonds is 5. The maximum Gasteiger partial charge on any atom is 0.191 e. The molecule has 2 rings (SSSR count). The van der Waals surface area contributed by atoms with Crippen molar-refractivity contribution in [2.75, 3.05) is 13.6 Å². The standard InChI is InChI=1S/C17H22N4/c1-14(15-8-4-3-5-9-15)21-17(18-2)20-13-11-16-10-6-7-12-19-16/h3-10,12,14H,11,13H2,1-2H3,(H2,18,20,21). The van der Waals surface area contributed by atoms with Crippen molar-refractivity contribution in [1.82, 2.24) is 15.6 Å². The lowest BCUT2D eigenvalue weighted by molar-refractivity contribution is 0.683. The minimum Gasteiger partial charge on any atom is -0.356 e. The van der Waals surface area contributed by atoms with Crippen molar-refractivity contribution < 1.29 is 0 Å². The molecule has 0 radical (unpaired) electrons. The van der Waals surface area contributed by atoms with Gasteiger partial charge in [-0.25, -0.2) is 0 Å². The van der Waals surface area contributed by atoms with E-state index in [4.69, 9.17) is 0 Å². The third kappa shape index (κ3) is 4.91. The number of pyridine rings is 1. The molecule has 0 aliphatic rings. The van der Waals surface area contributed by atoms with E-state index in [1.54, 1.807) is 7.05 Å². The fourth-order valence-electron chi connectivity index (χ4n) is 2.08. The number of hydrogen-bond acceptors (Lipinski definition) is 2. The second kappa shape index (κ2) is 8.04. The number of benzene rings is 1. The maximum atomic E-state index is 4.31. The molecule has 0 saturated carbocycles. The first-order valence-electron chi connectivity index (χ1n) is 7.21. The molecular weight excluding hydrogens is 260 g/mol. The van der Waals surface area contributed by atoms with Crippen molar-refractivity contribution in [3.05, 3.63) is 66.0 Å². The van der Waals surface area contributed by atoms with E-state index in [-0.39, 0.29) is 6.04 Å². The quantitative estimate of drug-likeness (QED) is 0.654. The monoisotopic (exact) mass is 282 g/mol. The first-order valence-corrected chi connectivity index (χ1v) is 7.21. The molecule has 0 aliphatic carbocycles. The Labute approximate surface area is 126 Å². The second-order valence-corrected chi connectivity index (χ2v) is 4.85. The summed E-state index contributed by atoms with van der Waals surface area (Å²) in [4.78, 5) is 8.57. The molecule has 1 heterocycles. The number of guanidine groups is 1. The van der Waals surface area contributed by atoms with Crippen LogP contribution in [0.5, 0.6) is 0 Å². The lowest BCUT2D eigenvalue weighted by Crippen LogP contribution is -2.39. The van der Waals surface area contributed by atoms with Gasteiger partial charge < -0.3 is 10.6 Å². The average molecular weight is 282 g/mol. The average Bonchev–Trinajstić information content (AvgIpc) is 2.55. The van der Waals surface area contributed by atoms with Crippen LogP contribution >= 0.6 is 0 Å². The Bertz CT molecular complexity index is 552. The van der Waals surface area contributed by atoms with Crippen LogP contribution in [-0.4, -0.2) is 24.5 Å². The lowest BCUT2D eigenvalue weighted by Gasteiger charge is -2.18. The Morgan fingerprint density at radius 1 is 1.14 bits per heavy atom. The van der Waals surface area contributed by atoms with Gasteiger partial charge in [0.2, 0.25) is 0 Å². The highest BCUT2D eigenvalue weighted by molar-refractivity contribution is 5.80. The molecule has 0 bridgehead atoms. The second-order valence-electron chi connectivity index (χ2n) is 4.85. The largest absolute Gasteiger partial charge is 0.356 e. The van der Waals surface area contributed by atoms with Crippen LogP contribution in [0.15, 0.2) is 59.7 Å². The van der Waals surface area contributed by atoms with E-state index in [9.17, 15) is 0 Å². The summed E-state index contributed by atoms with van der Waals surface area (Å²) < 4.78 is 0. The zero-order valence-corrected chi connectivity index (χ0v) is 12.6. The Morgan fingerprint density at radius 3 is 2.57 bits per heavy atom. The van der Waals surface area contributed by atoms with Crippen molar-refractivity contribution in [3.63, 3.8) is 0 Å². The smallest absolute Gasteiger partial charge is 0.191 e. The molecule has 1 aromatic carbocycles. The third-order valence-electron chi connectivity index (χ3n) is 3.28. The molecule has 1 aromatic heterocycles. The third-order valence-corrected chi connectivity index (χ3v) is 3.28. The summed E-state index contributed by atoms with van der Waals surface area (Å²) >= 11 is 0. The highest BCUT2D eigenvalue weighted by Gasteiger charge is 2.06. The van der Waals surface area contributed by atoms with E-state index in [1.807, 2.05) is 42.6 Å². The summed E-state index contributed by atoms with van der Waals surface area (Å²) in [6.45, 7) is 2.93. The summed E-state index contributed by atoms with van der Waals surface area (Å²) in [5.74, 6) is 0.808. The van der Waals surface area contributed by atoms with Gasteiger partial charge in [0, 0.05) is 31.9 Å². The SMILES string of the molecule is CN=C(NCCc1ccccn1)NC(C)c1ccccc1. The van der Waals surface area contributed by atoms with E-state index < -0.39 is 0 Å². The van der Waals surface area contributed by atoms with Crippen molar-refractivity contribution >= 4 is 5.96 Å². The molecule has 0 saturated heterocycles. The van der Waals surface area contributed by atoms with E-state index in [0.717, 1.165) is 24.6 Å². The molecular formula is C17H22N4. The van der Waals surface area contributed by atoms with Crippen molar-refractivity contribution in [1.29, 1.82) is 0 Å². The minimum absolute atomic E-state index is 0.215. The van der Waals surface area contributed by atoms with E-state index >= 15 is 0 Å². The van der Waals surface area contributed by atoms with Gasteiger partial charge in [-0.3, -0.25) is 9.98 Å². The molecule has 1 unspecified atom stereocenters. The van der Waals surface area contributed by atoms with E-state index in [2.05, 4.69) is 39.7 Å². The Balaban J connectivity index is 1.81. The van der Waals surface area contributed by atoms with Gasteiger partial charge in [-0.2, -0.15) is 0 Å². The molecule has 110 valence electrons. The highest BCUT2D eigenvalue weighted by atomic mass is 15.2. The molecule has 2 N–H and O–H groups in total. The molecule has 4 nitrogen and oxygen atoms in total. The zero-order chi connectivity index (χ0) is 14.9. The Kier molecular flexibility index (Phi) is 5.76. The molecule has 4 heteroatoms. The number of aromatic nitrogens is 1. The molecule has 0 fully saturated rings. The number of nitrogens with zero attached hydrogens (tertiary/aromatic N) is 2. The van der Waals surface area contributed by atoms with Crippen LogP contribution in [0, 0.1) is 0 Å². The van der Waals surface area contributed by atoms with Gasteiger partial charge in [0.05, 0.1) is 6.04 Å². The van der Waals surface area contributed by atoms with Crippen LogP contribution in [0.1, 0.15) is 24.2 Å². The molecule has 1 atom stereocenters. The Morgan fingerprint density at radius 2 is 1.90 bits per heavy atom. The summed E-state index contributed by atoms with van der Waals surface area (Å²) in [6, 6.07) is 16.5. The summed E-state index contributed by atoms with van der Waals surface area (Å²) in [7, 11) is 1.79. The molecule has 0 amide bonds. The van der Waals surface area contributed by atoms with Crippen LogP contribution in [0.4, 0.5) is 0 Å². The molecule has 21 heavy (non-hydrogen) atoms. The fraction of sp³-hybridized carbons (Fsp3) is 0.294. The van der Waals surface area contributed by atoms with Crippen LogP contribution in [-0.2, 0) is 6.42 Å². The van der Waals surface area contributed by atoms with E-state index in [1.165, 1.54) is 5.56 Å². The van der Waals surface area contributed by atoms with Crippen LogP contribution < -0.4 is 10.6 Å². The van der Waals surface area contributed by atoms with Crippen LogP contribution in [0.3, 0.4) is 0 Å². The van der Waals surface area contributed by atoms with Crippen LogP contribution in [0.25, 0.3) is 0 Å². The normalized spacial score (nSPS) is 12.8. The number of nitrogens with one attached hydrogen (secondary N) is 2. The molecule has 0 aliphatic heterocycles. The summed E-state index contributed by atoms with van der Waals surface area (Å²) in [6.07, 6.45) is 2.70. The van der Waals surface area contributed by atoms with Gasteiger partial charge in [0.25, 0.3) is 0 Å². The fourth-order valence-corrected chi connectivity index (χ4v) is 2.08. The first kappa shape index (κ1) is 15.0. The molecule has 0 spiro atoms. The summed E-state index contributed by atoms with van der Waals surface area (Å²) in [5, 5.41) is 6.71. The van der Waals surface area contributed by atoms with Gasteiger partial charge >= 0.3 is 0 Å². The minimum atomic E-state index is 0.215. The van der Waals surface area contributed by atoms with Crippen molar-refractivity contribution in [3.8, 4) is 0 Å². The molecule has 2 aromatic rings. The van der Waals surface area contributed by atoms with Crippen molar-refractivity contribution in [2.45, 2.75) is 19.4 Å². The number of hydrogen-bond donors (Lipinski definition) is 2. The van der Waals surface area contributed by atoms with Crippen molar-refractivity contribution in [2.24, 2.45) is 4.99 Å². The number of aliphatic imine (C=N–C) groups is 1. The summed E-state index contributed by atoms with van der Waals surface area (Å²) in [5.41, 5.74) is 2.32. The first-order chi connectivity index (χ1) is 10.3. The predicted octanol–water partition coefficient (Wildman–Crippen LogP) is 2.55. The van der Waals surface area contributed by atoms with E-state index in [0.29, 0.717) is 0 Å². The maximum absolute atomic E-state index is 4.31. The Hall–Kier alpha value is -2.36. The van der Waals surface area contributed by atoms with Crippen LogP contribution in [0.2, 0.25) is 0 Å². The van der Waals surface area contributed by atoms with Gasteiger partial charge in [0.1, 0.15) is 0 Å². The van der Waals surface area contributed by atoms with Gasteiger partial charge in [0.15, 0.2) is 5.96 Å². The van der Waals surface area contributed by atoms with Gasteiger partial charge in [-0.1, -0.05) is 36.4 Å². The van der Waals surface area contributed by atoms with Gasteiger partial charge in [-0.15, -0.1) is 0 Å². The van der Waals surface area contributed by atoms with Gasteiger partial charge in [-0.05, 0) is 24.6 Å². The zero-order valence-electron chi connectivity index (χ0n) is 12.6. The predicted molar refractivity (Wildman–Crippen MR) is 87.3 cm³/mol. The topological polar surface area (TPSA) is 49.3 Å².